The maximum absolute atomic E-state index is 12.5. The van der Waals surface area contributed by atoms with Crippen molar-refractivity contribution in [2.45, 2.75) is 64.5 Å². The number of methoxy groups -OCH3 is 3. The van der Waals surface area contributed by atoms with Crippen molar-refractivity contribution in [2.24, 2.45) is 0 Å². The van der Waals surface area contributed by atoms with Crippen LogP contribution in [0.2, 0.25) is 5.04 Å². The number of ether oxygens (including phenoxy) is 5. The third-order valence-corrected chi connectivity index (χ3v) is 6.95. The van der Waals surface area contributed by atoms with Crippen molar-refractivity contribution in [3.8, 4) is 11.5 Å². The minimum Gasteiger partial charge on any atom is -0.468 e. The second-order valence-corrected chi connectivity index (χ2v) is 12.3. The number of hydrogen-bond acceptors (Lipinski definition) is 7. The summed E-state index contributed by atoms with van der Waals surface area (Å²) in [6, 6.07) is 3.83. The molecule has 180 valence electrons. The van der Waals surface area contributed by atoms with Crippen molar-refractivity contribution >= 4 is 21.3 Å². The predicted molar refractivity (Wildman–Crippen MR) is 127 cm³/mol. The number of rotatable bonds is 11. The summed E-state index contributed by atoms with van der Waals surface area (Å²) in [5.74, 6) is 0.956. The zero-order valence-corrected chi connectivity index (χ0v) is 22.2. The summed E-state index contributed by atoms with van der Waals surface area (Å²) in [7, 11) is 3.71. The van der Waals surface area contributed by atoms with Crippen LogP contribution < -0.4 is 9.47 Å². The number of hydrogen-bond donors (Lipinski definition) is 0. The van der Waals surface area contributed by atoms with Crippen LogP contribution >= 0.6 is 0 Å². The van der Waals surface area contributed by atoms with Gasteiger partial charge >= 0.3 is 5.97 Å². The highest BCUT2D eigenvalue weighted by Crippen LogP contribution is 2.46. The zero-order chi connectivity index (χ0) is 23.9. The first kappa shape index (κ1) is 26.4. The van der Waals surface area contributed by atoms with Gasteiger partial charge in [0.05, 0.1) is 12.7 Å². The van der Waals surface area contributed by atoms with Crippen LogP contribution in [0.5, 0.6) is 11.5 Å². The van der Waals surface area contributed by atoms with Crippen LogP contribution in [-0.4, -0.2) is 50.6 Å². The van der Waals surface area contributed by atoms with Gasteiger partial charge in [-0.3, -0.25) is 0 Å². The number of benzene rings is 1. The van der Waals surface area contributed by atoms with Gasteiger partial charge in [-0.2, -0.15) is 0 Å². The molecule has 0 aromatic heterocycles. The molecular formula is C24H38O7Si. The van der Waals surface area contributed by atoms with Gasteiger partial charge in [-0.1, -0.05) is 20.8 Å². The minimum absolute atomic E-state index is 0.0753. The summed E-state index contributed by atoms with van der Waals surface area (Å²) in [6.07, 6.45) is 2.29. The fourth-order valence-corrected chi connectivity index (χ4v) is 4.57. The second-order valence-electron chi connectivity index (χ2n) is 9.61. The number of carbonyl (C=O) groups excluding carboxylic acids is 1. The van der Waals surface area contributed by atoms with Gasteiger partial charge in [-0.25, -0.2) is 4.79 Å². The van der Waals surface area contributed by atoms with Crippen LogP contribution in [-0.2, 0) is 29.0 Å². The van der Waals surface area contributed by atoms with Gasteiger partial charge in [0.15, 0.2) is 23.3 Å². The summed E-state index contributed by atoms with van der Waals surface area (Å²) < 4.78 is 33.8. The van der Waals surface area contributed by atoms with E-state index in [2.05, 4.69) is 20.8 Å². The van der Waals surface area contributed by atoms with Gasteiger partial charge in [0.1, 0.15) is 11.5 Å². The van der Waals surface area contributed by atoms with Crippen LogP contribution in [0.3, 0.4) is 0 Å². The molecule has 8 heteroatoms. The lowest BCUT2D eigenvalue weighted by atomic mass is 9.90. The summed E-state index contributed by atoms with van der Waals surface area (Å²) >= 11 is 0. The fraction of sp³-hybridized carbons (Fsp3) is 0.625. The second kappa shape index (κ2) is 11.3. The first-order valence-electron chi connectivity index (χ1n) is 10.9. The molecule has 0 aliphatic heterocycles. The highest BCUT2D eigenvalue weighted by atomic mass is 28.2. The van der Waals surface area contributed by atoms with E-state index in [1.807, 2.05) is 26.0 Å². The largest absolute Gasteiger partial charge is 0.468 e. The maximum atomic E-state index is 12.5. The Bertz CT molecular complexity index is 824. The maximum Gasteiger partial charge on any atom is 0.334 e. The molecule has 0 spiro atoms. The molecule has 0 bridgehead atoms. The van der Waals surface area contributed by atoms with E-state index in [4.69, 9.17) is 28.1 Å². The molecule has 0 saturated heterocycles. The van der Waals surface area contributed by atoms with Gasteiger partial charge in [-0.15, -0.1) is 0 Å². The first-order valence-corrected chi connectivity index (χ1v) is 12.2. The standard InChI is InChI=1S/C24H38O7Si/c1-23(2,3)32-31-24(4,5)20-13-16(29-14-26-6)12-19(21(20)30-15-27-7)17-10-9-11-18(17)22(25)28-8/h12-13H,9-11,14-15,32H2,1-8H3. The van der Waals surface area contributed by atoms with E-state index < -0.39 is 15.4 Å². The van der Waals surface area contributed by atoms with Crippen molar-refractivity contribution in [1.82, 2.24) is 0 Å². The Labute approximate surface area is 194 Å². The van der Waals surface area contributed by atoms with E-state index in [9.17, 15) is 4.79 Å². The molecule has 0 amide bonds. The van der Waals surface area contributed by atoms with E-state index in [0.29, 0.717) is 23.5 Å². The highest BCUT2D eigenvalue weighted by Gasteiger charge is 2.33. The van der Waals surface area contributed by atoms with Crippen LogP contribution in [0.15, 0.2) is 17.7 Å². The van der Waals surface area contributed by atoms with Gasteiger partial charge in [0.25, 0.3) is 0 Å². The van der Waals surface area contributed by atoms with E-state index in [1.54, 1.807) is 14.2 Å². The van der Waals surface area contributed by atoms with E-state index in [0.717, 1.165) is 29.5 Å². The summed E-state index contributed by atoms with van der Waals surface area (Å²) in [5, 5.41) is 0.129. The van der Waals surface area contributed by atoms with Gasteiger partial charge in [0, 0.05) is 30.9 Å². The van der Waals surface area contributed by atoms with Crippen LogP contribution in [0.25, 0.3) is 5.57 Å². The predicted octanol–water partition coefficient (Wildman–Crippen LogP) is 4.32. The van der Waals surface area contributed by atoms with Crippen molar-refractivity contribution in [3.05, 3.63) is 28.8 Å². The lowest BCUT2D eigenvalue weighted by Gasteiger charge is -2.33. The molecule has 0 radical (unpaired) electrons. The Kier molecular flexibility index (Phi) is 9.33. The Hall–Kier alpha value is -1.87. The lowest BCUT2D eigenvalue weighted by molar-refractivity contribution is -0.136. The number of allylic oxidation sites excluding steroid dienone is 1. The first-order chi connectivity index (χ1) is 15.0. The quantitative estimate of drug-likeness (QED) is 0.273. The molecule has 0 atom stereocenters. The van der Waals surface area contributed by atoms with Gasteiger partial charge in [-0.05, 0) is 55.9 Å². The molecule has 0 fully saturated rings. The van der Waals surface area contributed by atoms with Gasteiger partial charge < -0.3 is 28.1 Å². The van der Waals surface area contributed by atoms with Crippen LogP contribution in [0.4, 0.5) is 0 Å². The SMILES string of the molecule is COCOc1cc(C2=C(C(=O)OC)CCC2)c(OCOC)c(C(C)(C)O[SiH2]C(C)(C)C)c1. The molecule has 2 rings (SSSR count). The van der Waals surface area contributed by atoms with Crippen molar-refractivity contribution < 1.29 is 32.9 Å². The summed E-state index contributed by atoms with van der Waals surface area (Å²) in [4.78, 5) is 12.5. The third kappa shape index (κ3) is 6.81. The van der Waals surface area contributed by atoms with Crippen LogP contribution in [0, 0.1) is 0 Å². The van der Waals surface area contributed by atoms with Crippen LogP contribution in [0.1, 0.15) is 65.0 Å². The average molecular weight is 467 g/mol. The topological polar surface area (TPSA) is 72.5 Å². The van der Waals surface area contributed by atoms with E-state index in [-0.39, 0.29) is 24.6 Å². The van der Waals surface area contributed by atoms with Crippen molar-refractivity contribution in [3.63, 3.8) is 0 Å². The molecule has 0 unspecified atom stereocenters. The molecule has 1 aromatic carbocycles. The van der Waals surface area contributed by atoms with Crippen molar-refractivity contribution in [1.29, 1.82) is 0 Å². The Morgan fingerprint density at radius 3 is 2.22 bits per heavy atom. The molecule has 0 saturated carbocycles. The Balaban J connectivity index is 2.70. The molecule has 1 aliphatic carbocycles. The number of esters is 1. The smallest absolute Gasteiger partial charge is 0.334 e. The van der Waals surface area contributed by atoms with Gasteiger partial charge in [0.2, 0.25) is 0 Å². The molecule has 7 nitrogen and oxygen atoms in total. The lowest BCUT2D eigenvalue weighted by Crippen LogP contribution is -2.28. The normalized spacial score (nSPS) is 15.0. The minimum atomic E-state index is -0.857. The molecule has 0 N–H and O–H groups in total. The molecule has 1 aliphatic rings. The summed E-state index contributed by atoms with van der Waals surface area (Å²) in [5.41, 5.74) is 2.61. The van der Waals surface area contributed by atoms with E-state index in [1.165, 1.54) is 7.11 Å². The molecular weight excluding hydrogens is 428 g/mol. The highest BCUT2D eigenvalue weighted by molar-refractivity contribution is 6.31. The Morgan fingerprint density at radius 2 is 1.62 bits per heavy atom. The monoisotopic (exact) mass is 466 g/mol. The average Bonchev–Trinajstić information content (AvgIpc) is 3.23. The zero-order valence-electron chi connectivity index (χ0n) is 20.8. The summed E-state index contributed by atoms with van der Waals surface area (Å²) in [6.45, 7) is 10.8. The molecule has 0 heterocycles. The van der Waals surface area contributed by atoms with E-state index >= 15 is 0 Å². The Morgan fingerprint density at radius 1 is 0.969 bits per heavy atom. The third-order valence-electron chi connectivity index (χ3n) is 5.22. The molecule has 32 heavy (non-hydrogen) atoms. The number of carbonyl (C=O) groups is 1. The fourth-order valence-electron chi connectivity index (χ4n) is 3.62. The molecule has 1 aromatic rings. The van der Waals surface area contributed by atoms with Crippen molar-refractivity contribution in [2.75, 3.05) is 34.9 Å².